The van der Waals surface area contributed by atoms with Gasteiger partial charge in [0.05, 0.1) is 5.39 Å². The predicted molar refractivity (Wildman–Crippen MR) is 151 cm³/mol. The molecule has 2 saturated heterocycles. The van der Waals surface area contributed by atoms with Crippen LogP contribution in [0.25, 0.3) is 11.0 Å². The van der Waals surface area contributed by atoms with Gasteiger partial charge in [-0.3, -0.25) is 4.79 Å². The molecule has 3 aliphatic rings. The van der Waals surface area contributed by atoms with Gasteiger partial charge in [0.15, 0.2) is 6.61 Å². The van der Waals surface area contributed by atoms with Gasteiger partial charge in [0.25, 0.3) is 5.91 Å². The molecule has 0 bridgehead atoms. The maximum atomic E-state index is 13.7. The van der Waals surface area contributed by atoms with Gasteiger partial charge in [-0.05, 0) is 90.3 Å². The topological polar surface area (TPSA) is 81.5 Å². The largest absolute Gasteiger partial charge is 0.487 e. The Labute approximate surface area is 231 Å². The van der Waals surface area contributed by atoms with E-state index < -0.39 is 5.63 Å². The summed E-state index contributed by atoms with van der Waals surface area (Å²) in [5, 5.41) is 0.737. The van der Waals surface area contributed by atoms with Gasteiger partial charge in [-0.15, -0.1) is 0 Å². The van der Waals surface area contributed by atoms with Crippen molar-refractivity contribution in [3.63, 3.8) is 0 Å². The fourth-order valence-electron chi connectivity index (χ4n) is 6.76. The fourth-order valence-corrected chi connectivity index (χ4v) is 6.76. The maximum Gasteiger partial charge on any atom is 0.336 e. The second-order valence-electron chi connectivity index (χ2n) is 12.1. The number of carbonyl (C=O) groups is 1. The molecule has 2 unspecified atom stereocenters. The van der Waals surface area contributed by atoms with E-state index in [1.807, 2.05) is 31.7 Å². The molecule has 8 heteroatoms. The van der Waals surface area contributed by atoms with E-state index in [0.717, 1.165) is 48.7 Å². The number of carbonyl (C=O) groups excluding carboxylic acids is 1. The molecule has 0 saturated carbocycles. The van der Waals surface area contributed by atoms with Crippen LogP contribution in [0.3, 0.4) is 0 Å². The first-order valence-electron chi connectivity index (χ1n) is 14.7. The molecule has 0 N–H and O–H groups in total. The number of aryl methyl sites for hydroxylation is 2. The average molecular weight is 541 g/mol. The minimum absolute atomic E-state index is 0.0267. The molecule has 2 atom stereocenters. The van der Waals surface area contributed by atoms with Crippen LogP contribution in [0.4, 0.5) is 0 Å². The number of piperidine rings is 2. The lowest BCUT2D eigenvalue weighted by Gasteiger charge is -2.45. The zero-order chi connectivity index (χ0) is 27.6. The van der Waals surface area contributed by atoms with Gasteiger partial charge in [-0.1, -0.05) is 6.42 Å². The molecular weight excluding hydrogens is 496 g/mol. The van der Waals surface area contributed by atoms with E-state index in [4.69, 9.17) is 18.6 Å². The molecule has 2 fully saturated rings. The molecule has 5 rings (SSSR count). The van der Waals surface area contributed by atoms with Crippen LogP contribution in [0, 0.1) is 12.8 Å². The Bertz CT molecular complexity index is 1240. The molecule has 0 aliphatic carbocycles. The van der Waals surface area contributed by atoms with Crippen molar-refractivity contribution in [2.24, 2.45) is 5.92 Å². The molecule has 0 radical (unpaired) electrons. The standard InChI is InChI=1S/C31H44N2O6/c1-21-17-28(35)38-30-23-11-12-31(2,3)39-25(23)18-26(29(21)30)37-20-27(34)33(15-8-16-36-4)19-22-9-7-14-32-13-6-5-10-24(22)32/h17-18,22,24H,5-16,19-20H2,1-4H3. The number of hydrogen-bond acceptors (Lipinski definition) is 7. The molecule has 8 nitrogen and oxygen atoms in total. The van der Waals surface area contributed by atoms with E-state index in [2.05, 4.69) is 4.90 Å². The lowest BCUT2D eigenvalue weighted by molar-refractivity contribution is -0.135. The van der Waals surface area contributed by atoms with Gasteiger partial charge in [-0.25, -0.2) is 4.79 Å². The van der Waals surface area contributed by atoms with Crippen LogP contribution in [-0.2, 0) is 16.0 Å². The summed E-state index contributed by atoms with van der Waals surface area (Å²) in [4.78, 5) is 30.6. The first kappa shape index (κ1) is 28.0. The average Bonchev–Trinajstić information content (AvgIpc) is 2.90. The highest BCUT2D eigenvalue weighted by molar-refractivity contribution is 5.91. The third-order valence-corrected chi connectivity index (χ3v) is 8.77. The zero-order valence-electron chi connectivity index (χ0n) is 24.1. The number of methoxy groups -OCH3 is 1. The first-order valence-corrected chi connectivity index (χ1v) is 14.7. The van der Waals surface area contributed by atoms with Crippen LogP contribution in [0.1, 0.15) is 69.9 Å². The molecule has 3 aliphatic heterocycles. The van der Waals surface area contributed by atoms with Crippen molar-refractivity contribution in [1.82, 2.24) is 9.80 Å². The first-order chi connectivity index (χ1) is 18.8. The molecule has 4 heterocycles. The minimum Gasteiger partial charge on any atom is -0.487 e. The van der Waals surface area contributed by atoms with Crippen LogP contribution < -0.4 is 15.1 Å². The minimum atomic E-state index is -0.395. The zero-order valence-corrected chi connectivity index (χ0v) is 24.1. The van der Waals surface area contributed by atoms with Crippen LogP contribution >= 0.6 is 0 Å². The summed E-state index contributed by atoms with van der Waals surface area (Å²) in [6, 6.07) is 3.92. The number of benzene rings is 1. The van der Waals surface area contributed by atoms with Crippen LogP contribution in [0.15, 0.2) is 21.3 Å². The Morgan fingerprint density at radius 1 is 1.18 bits per heavy atom. The van der Waals surface area contributed by atoms with E-state index in [0.29, 0.717) is 42.2 Å². The van der Waals surface area contributed by atoms with Gasteiger partial charge in [0.1, 0.15) is 22.7 Å². The molecule has 2 aromatic rings. The van der Waals surface area contributed by atoms with Crippen LogP contribution in [-0.4, -0.2) is 73.9 Å². The molecule has 214 valence electrons. The predicted octanol–water partition coefficient (Wildman–Crippen LogP) is 4.71. The number of fused-ring (bicyclic) bond motifs is 4. The maximum absolute atomic E-state index is 13.7. The van der Waals surface area contributed by atoms with E-state index in [-0.39, 0.29) is 18.1 Å². The SMILES string of the molecule is COCCCN(CC1CCCN2CCCCC12)C(=O)COc1cc2c(c3oc(=O)cc(C)c13)CCC(C)(C)O2. The van der Waals surface area contributed by atoms with Gasteiger partial charge < -0.3 is 28.4 Å². The van der Waals surface area contributed by atoms with Gasteiger partial charge in [-0.2, -0.15) is 0 Å². The van der Waals surface area contributed by atoms with Crippen LogP contribution in [0.5, 0.6) is 11.5 Å². The Kier molecular flexibility index (Phi) is 8.52. The Balaban J connectivity index is 1.37. The Morgan fingerprint density at radius 3 is 2.82 bits per heavy atom. The highest BCUT2D eigenvalue weighted by Gasteiger charge is 2.35. The van der Waals surface area contributed by atoms with Gasteiger partial charge >= 0.3 is 5.63 Å². The molecule has 39 heavy (non-hydrogen) atoms. The smallest absolute Gasteiger partial charge is 0.336 e. The number of amides is 1. The van der Waals surface area contributed by atoms with E-state index in [1.165, 1.54) is 44.8 Å². The Morgan fingerprint density at radius 2 is 2.00 bits per heavy atom. The third-order valence-electron chi connectivity index (χ3n) is 8.77. The number of ether oxygens (including phenoxy) is 3. The summed E-state index contributed by atoms with van der Waals surface area (Å²) in [5.41, 5.74) is 1.44. The van der Waals surface area contributed by atoms with Crippen LogP contribution in [0.2, 0.25) is 0 Å². The quantitative estimate of drug-likeness (QED) is 0.336. The Hall–Kier alpha value is -2.58. The fraction of sp³-hybridized carbons (Fsp3) is 0.677. The summed E-state index contributed by atoms with van der Waals surface area (Å²) in [5.74, 6) is 1.64. The second-order valence-corrected chi connectivity index (χ2v) is 12.1. The van der Waals surface area contributed by atoms with Crippen molar-refractivity contribution >= 4 is 16.9 Å². The van der Waals surface area contributed by atoms with E-state index in [1.54, 1.807) is 7.11 Å². The van der Waals surface area contributed by atoms with Gasteiger partial charge in [0, 0.05) is 50.5 Å². The summed E-state index contributed by atoms with van der Waals surface area (Å²) in [7, 11) is 1.70. The van der Waals surface area contributed by atoms with Crippen molar-refractivity contribution in [2.45, 2.75) is 83.8 Å². The second kappa shape index (κ2) is 11.9. The van der Waals surface area contributed by atoms with Crippen molar-refractivity contribution in [1.29, 1.82) is 0 Å². The van der Waals surface area contributed by atoms with E-state index >= 15 is 0 Å². The molecule has 1 amide bonds. The number of hydrogen-bond donors (Lipinski definition) is 0. The lowest BCUT2D eigenvalue weighted by atomic mass is 9.83. The van der Waals surface area contributed by atoms with E-state index in [9.17, 15) is 9.59 Å². The van der Waals surface area contributed by atoms with Crippen molar-refractivity contribution in [2.75, 3.05) is 46.5 Å². The monoisotopic (exact) mass is 540 g/mol. The molecule has 0 spiro atoms. The number of rotatable bonds is 9. The molecular formula is C31H44N2O6. The molecule has 1 aromatic carbocycles. The van der Waals surface area contributed by atoms with Crippen molar-refractivity contribution in [3.8, 4) is 11.5 Å². The summed E-state index contributed by atoms with van der Waals surface area (Å²) in [6.07, 6.45) is 8.50. The summed E-state index contributed by atoms with van der Waals surface area (Å²) < 4.78 is 23.5. The highest BCUT2D eigenvalue weighted by Crippen LogP contribution is 2.42. The molecule has 1 aromatic heterocycles. The van der Waals surface area contributed by atoms with Gasteiger partial charge in [0.2, 0.25) is 0 Å². The number of nitrogens with zero attached hydrogens (tertiary/aromatic N) is 2. The highest BCUT2D eigenvalue weighted by atomic mass is 16.5. The van der Waals surface area contributed by atoms with Crippen molar-refractivity contribution in [3.05, 3.63) is 33.7 Å². The summed E-state index contributed by atoms with van der Waals surface area (Å²) in [6.45, 7) is 10.3. The lowest BCUT2D eigenvalue weighted by Crippen LogP contribution is -2.52. The third kappa shape index (κ3) is 6.27. The summed E-state index contributed by atoms with van der Waals surface area (Å²) >= 11 is 0. The normalized spacial score (nSPS) is 22.6. The van der Waals surface area contributed by atoms with Crippen molar-refractivity contribution < 1.29 is 23.4 Å².